The molecule has 3 aromatic carbocycles. The molecule has 3 saturated heterocycles. The molecule has 9 atom stereocenters. The van der Waals surface area contributed by atoms with Gasteiger partial charge in [-0.3, -0.25) is 28.8 Å². The van der Waals surface area contributed by atoms with Crippen molar-refractivity contribution in [1.29, 1.82) is 0 Å². The molecule has 12 rings (SSSR count). The minimum absolute atomic E-state index is 0. The molecule has 308 valence electrons. The summed E-state index contributed by atoms with van der Waals surface area (Å²) in [5, 5.41) is 21.8. The van der Waals surface area contributed by atoms with Crippen LogP contribution in [0.15, 0.2) is 54.6 Å². The van der Waals surface area contributed by atoms with Crippen molar-refractivity contribution >= 4 is 35.6 Å². The van der Waals surface area contributed by atoms with Crippen LogP contribution in [-0.4, -0.2) is 82.3 Å². The minimum atomic E-state index is -0.902. The number of aryl methyl sites for hydroxylation is 3. The number of aliphatic carboxylic acids is 2. The number of benzene rings is 3. The number of carboxylic acid groups (broad SMARTS) is 2. The SMILES string of the molecule is COC(=O)C1(C)CC2C(=O)N(C)C1c1ccc(C)cc12.Cc1ccc2c(c1)C1CC(C)(C(=O)O)C2N(C)C1=O.Cc1ccc2c(c1)C1CC(C)(C(=O)O)C2NC1=O.[Li+].[OH-]. The molecule has 3 aliphatic carbocycles. The first-order valence-electron chi connectivity index (χ1n) is 19.4. The predicted octanol–water partition coefficient (Wildman–Crippen LogP) is 2.83. The Morgan fingerprint density at radius 1 is 0.627 bits per heavy atom. The van der Waals surface area contributed by atoms with Crippen LogP contribution in [0.3, 0.4) is 0 Å². The van der Waals surface area contributed by atoms with Gasteiger partial charge in [-0.15, -0.1) is 0 Å². The van der Waals surface area contributed by atoms with E-state index in [4.69, 9.17) is 4.74 Å². The molecule has 9 unspecified atom stereocenters. The summed E-state index contributed by atoms with van der Waals surface area (Å²) in [6.45, 7) is 11.4. The van der Waals surface area contributed by atoms with Gasteiger partial charge >= 0.3 is 36.8 Å². The van der Waals surface area contributed by atoms with Crippen molar-refractivity contribution in [3.63, 3.8) is 0 Å². The predicted molar refractivity (Wildman–Crippen MR) is 211 cm³/mol. The number of esters is 1. The zero-order valence-corrected chi connectivity index (χ0v) is 35.4. The Kier molecular flexibility index (Phi) is 11.9. The van der Waals surface area contributed by atoms with Crippen LogP contribution in [-0.2, 0) is 33.5 Å². The number of nitrogens with zero attached hydrogens (tertiary/aromatic N) is 2. The van der Waals surface area contributed by atoms with E-state index in [1.54, 1.807) is 37.7 Å². The summed E-state index contributed by atoms with van der Waals surface area (Å²) in [6, 6.07) is 17.1. The minimum Gasteiger partial charge on any atom is -0.870 e. The average Bonchev–Trinajstić information content (AvgIpc) is 3.16. The Morgan fingerprint density at radius 2 is 1.00 bits per heavy atom. The van der Waals surface area contributed by atoms with Crippen LogP contribution in [0.5, 0.6) is 0 Å². The third-order valence-corrected chi connectivity index (χ3v) is 13.8. The Bertz CT molecular complexity index is 2280. The van der Waals surface area contributed by atoms with Gasteiger partial charge in [-0.1, -0.05) is 71.3 Å². The van der Waals surface area contributed by atoms with Gasteiger partial charge in [-0.05, 0) is 94.2 Å². The third-order valence-electron chi connectivity index (χ3n) is 13.8. The molecular formula is C45H52LiN3O10. The van der Waals surface area contributed by atoms with E-state index < -0.39 is 34.2 Å². The number of carbonyl (C=O) groups is 6. The number of ether oxygens (including phenoxy) is 1. The van der Waals surface area contributed by atoms with E-state index in [1.807, 2.05) is 76.2 Å². The van der Waals surface area contributed by atoms with Gasteiger partial charge < -0.3 is 35.5 Å². The van der Waals surface area contributed by atoms with Crippen molar-refractivity contribution in [3.8, 4) is 0 Å². The third kappa shape index (κ3) is 6.75. The standard InChI is InChI=1S/C16H19NO3.C15H17NO3.C14H15NO3.Li.H2O/c1-9-5-6-10-11(7-9)12-8-16(2,15(19)20-4)13(10)17(3)14(12)18;1-8-4-5-9-10(6-8)11-7-15(2,14(18)19)12(9)16(3)13(11)17;1-7-3-4-8-9(5-7)10-6-14(2,13(17)18)11(8)15-12(10)16;;/h5-7,12-13H,8H2,1-4H3;4-6,11-12H,7H2,1-3H3,(H,18,19);3-5,10-11H,6H2,1-2H3,(H,15,16)(H,17,18);;1H2/q;;;+1;/p-1. The van der Waals surface area contributed by atoms with E-state index in [-0.39, 0.29) is 77.9 Å². The Morgan fingerprint density at radius 3 is 1.42 bits per heavy atom. The first kappa shape index (κ1) is 45.1. The number of rotatable bonds is 3. The monoisotopic (exact) mass is 801 g/mol. The number of amides is 3. The summed E-state index contributed by atoms with van der Waals surface area (Å²) in [6.07, 6.45) is 1.31. The fourth-order valence-corrected chi connectivity index (χ4v) is 10.7. The van der Waals surface area contributed by atoms with Crippen molar-refractivity contribution in [2.45, 2.75) is 96.7 Å². The van der Waals surface area contributed by atoms with Crippen molar-refractivity contribution in [2.24, 2.45) is 16.2 Å². The van der Waals surface area contributed by atoms with Gasteiger partial charge in [0.1, 0.15) is 0 Å². The van der Waals surface area contributed by atoms with Crippen molar-refractivity contribution in [3.05, 3.63) is 105 Å². The molecule has 0 spiro atoms. The Labute approximate surface area is 356 Å². The molecular weight excluding hydrogens is 749 g/mol. The average molecular weight is 802 g/mol. The van der Waals surface area contributed by atoms with Crippen LogP contribution in [0.1, 0.15) is 126 Å². The maximum absolute atomic E-state index is 12.4. The second-order valence-corrected chi connectivity index (χ2v) is 17.7. The van der Waals surface area contributed by atoms with E-state index in [2.05, 4.69) is 11.4 Å². The molecule has 3 amide bonds. The van der Waals surface area contributed by atoms with Gasteiger partial charge in [0, 0.05) is 14.1 Å². The number of likely N-dealkylation sites (N-methyl/N-ethyl adjacent to an activating group) is 2. The summed E-state index contributed by atoms with van der Waals surface area (Å²) in [7, 11) is 4.90. The van der Waals surface area contributed by atoms with E-state index >= 15 is 0 Å². The molecule has 9 aliphatic rings. The van der Waals surface area contributed by atoms with Crippen LogP contribution < -0.4 is 24.2 Å². The van der Waals surface area contributed by atoms with Crippen LogP contribution in [0, 0.1) is 37.0 Å². The Balaban J connectivity index is 0.000000166. The number of hydrogen-bond donors (Lipinski definition) is 3. The van der Waals surface area contributed by atoms with E-state index in [0.717, 1.165) is 50.1 Å². The van der Waals surface area contributed by atoms with E-state index in [9.17, 15) is 39.0 Å². The molecule has 0 aromatic heterocycles. The van der Waals surface area contributed by atoms with E-state index in [0.29, 0.717) is 19.3 Å². The molecule has 6 aliphatic heterocycles. The van der Waals surface area contributed by atoms with E-state index in [1.165, 1.54) is 7.11 Å². The Hall–Kier alpha value is -4.96. The summed E-state index contributed by atoms with van der Waals surface area (Å²) >= 11 is 0. The van der Waals surface area contributed by atoms with Gasteiger partial charge in [0.2, 0.25) is 17.7 Å². The van der Waals surface area contributed by atoms with Crippen LogP contribution in [0.25, 0.3) is 0 Å². The molecule has 14 heteroatoms. The second kappa shape index (κ2) is 15.6. The summed E-state index contributed by atoms with van der Waals surface area (Å²) in [5.74, 6) is -2.68. The van der Waals surface area contributed by atoms with Gasteiger partial charge in [0.05, 0.1) is 59.2 Å². The molecule has 6 bridgehead atoms. The molecule has 4 N–H and O–H groups in total. The maximum Gasteiger partial charge on any atom is 1.00 e. The van der Waals surface area contributed by atoms with Gasteiger partial charge in [-0.25, -0.2) is 0 Å². The molecule has 6 heterocycles. The van der Waals surface area contributed by atoms with Crippen molar-refractivity contribution < 1.29 is 68.1 Å². The maximum atomic E-state index is 12.4. The summed E-state index contributed by atoms with van der Waals surface area (Å²) in [5.41, 5.74) is 7.04. The van der Waals surface area contributed by atoms with Crippen molar-refractivity contribution in [2.75, 3.05) is 21.2 Å². The van der Waals surface area contributed by atoms with Gasteiger partial charge in [0.25, 0.3) is 0 Å². The second-order valence-electron chi connectivity index (χ2n) is 17.7. The fourth-order valence-electron chi connectivity index (χ4n) is 10.7. The molecule has 3 aromatic rings. The molecule has 3 fully saturated rings. The molecule has 59 heavy (non-hydrogen) atoms. The number of carbonyl (C=O) groups excluding carboxylic acids is 4. The first-order valence-corrected chi connectivity index (χ1v) is 19.4. The topological polar surface area (TPSA) is 201 Å². The van der Waals surface area contributed by atoms with Crippen LogP contribution >= 0.6 is 0 Å². The summed E-state index contributed by atoms with van der Waals surface area (Å²) in [4.78, 5) is 75.4. The van der Waals surface area contributed by atoms with Crippen LogP contribution in [0.2, 0.25) is 0 Å². The van der Waals surface area contributed by atoms with Gasteiger partial charge in [-0.2, -0.15) is 0 Å². The quantitative estimate of drug-likeness (QED) is 0.261. The largest absolute Gasteiger partial charge is 1.00 e. The number of carboxylic acids is 2. The molecule has 13 nitrogen and oxygen atoms in total. The summed E-state index contributed by atoms with van der Waals surface area (Å²) < 4.78 is 4.99. The van der Waals surface area contributed by atoms with Crippen molar-refractivity contribution in [1.82, 2.24) is 15.1 Å². The van der Waals surface area contributed by atoms with Gasteiger partial charge in [0.15, 0.2) is 0 Å². The number of hydrogen-bond acceptors (Lipinski definition) is 8. The van der Waals surface area contributed by atoms with Crippen LogP contribution in [0.4, 0.5) is 0 Å². The zero-order valence-electron chi connectivity index (χ0n) is 35.4. The number of nitrogens with one attached hydrogen (secondary N) is 1. The first-order chi connectivity index (χ1) is 26.7. The number of methoxy groups -OCH3 is 1. The smallest absolute Gasteiger partial charge is 0.870 e. The number of piperidine rings is 3. The number of fused-ring (bicyclic) bond motifs is 6. The molecule has 0 saturated carbocycles. The molecule has 0 radical (unpaired) electrons. The normalized spacial score (nSPS) is 31.0. The zero-order chi connectivity index (χ0) is 41.7. The fraction of sp³-hybridized carbons (Fsp3) is 0.467.